The molecule has 4 rings (SSSR count). The summed E-state index contributed by atoms with van der Waals surface area (Å²) in [5.41, 5.74) is 1.65. The van der Waals surface area contributed by atoms with Gasteiger partial charge in [0.1, 0.15) is 10.8 Å². The van der Waals surface area contributed by atoms with Crippen molar-refractivity contribution < 1.29 is 17.6 Å². The zero-order valence-electron chi connectivity index (χ0n) is 18.3. The van der Waals surface area contributed by atoms with E-state index in [9.17, 15) is 22.9 Å². The van der Waals surface area contributed by atoms with Gasteiger partial charge >= 0.3 is 0 Å². The molecule has 1 aromatic heterocycles. The van der Waals surface area contributed by atoms with E-state index in [4.69, 9.17) is 0 Å². The van der Waals surface area contributed by atoms with Crippen LogP contribution in [0.5, 0.6) is 0 Å². The van der Waals surface area contributed by atoms with Gasteiger partial charge in [0.2, 0.25) is 10.0 Å². The monoisotopic (exact) mass is 498 g/mol. The second kappa shape index (κ2) is 10.5. The molecule has 0 saturated carbocycles. The van der Waals surface area contributed by atoms with Gasteiger partial charge in [-0.3, -0.25) is 9.69 Å². The van der Waals surface area contributed by atoms with E-state index >= 15 is 0 Å². The quantitative estimate of drug-likeness (QED) is 0.495. The van der Waals surface area contributed by atoms with Crippen LogP contribution in [0.1, 0.15) is 17.3 Å². The number of carbonyl (C=O) groups excluding carboxylic acids is 1. The van der Waals surface area contributed by atoms with Crippen LogP contribution in [0.2, 0.25) is 0 Å². The SMILES string of the molecule is N#C[C@@H](C(=O)CN1CCCN(S(=O)(=O)c2ccc(F)cc2)CC1)c1nc(-c2ccccc2)cs1. The Kier molecular flexibility index (Phi) is 7.48. The number of hydrogen-bond donors (Lipinski definition) is 0. The molecule has 34 heavy (non-hydrogen) atoms. The number of ketones is 1. The van der Waals surface area contributed by atoms with Crippen molar-refractivity contribution in [2.45, 2.75) is 17.2 Å². The smallest absolute Gasteiger partial charge is 0.243 e. The van der Waals surface area contributed by atoms with Gasteiger partial charge in [-0.15, -0.1) is 11.3 Å². The molecule has 0 N–H and O–H groups in total. The van der Waals surface area contributed by atoms with Crippen molar-refractivity contribution in [3.63, 3.8) is 0 Å². The fourth-order valence-corrected chi connectivity index (χ4v) is 6.20. The van der Waals surface area contributed by atoms with Gasteiger partial charge in [-0.2, -0.15) is 9.57 Å². The number of hydrogen-bond acceptors (Lipinski definition) is 7. The summed E-state index contributed by atoms with van der Waals surface area (Å²) >= 11 is 1.29. The first kappa shape index (κ1) is 24.2. The Bertz CT molecular complexity index is 1290. The van der Waals surface area contributed by atoms with Crippen LogP contribution in [-0.4, -0.2) is 61.1 Å². The molecule has 0 radical (unpaired) electrons. The molecule has 1 aliphatic rings. The molecular formula is C24H23FN4O3S2. The number of aromatic nitrogens is 1. The third-order valence-electron chi connectivity index (χ3n) is 5.67. The molecule has 3 aromatic rings. The van der Waals surface area contributed by atoms with Gasteiger partial charge in [0.15, 0.2) is 11.7 Å². The Morgan fingerprint density at radius 1 is 1.09 bits per heavy atom. The predicted molar refractivity (Wildman–Crippen MR) is 127 cm³/mol. The average molecular weight is 499 g/mol. The van der Waals surface area contributed by atoms with Gasteiger partial charge in [-0.1, -0.05) is 30.3 Å². The van der Waals surface area contributed by atoms with Gasteiger partial charge in [0, 0.05) is 30.6 Å². The Hall–Kier alpha value is -2.97. The molecule has 7 nitrogen and oxygen atoms in total. The van der Waals surface area contributed by atoms with Crippen LogP contribution >= 0.6 is 11.3 Å². The third kappa shape index (κ3) is 5.39. The fraction of sp³-hybridized carbons (Fsp3) is 0.292. The number of rotatable bonds is 7. The lowest BCUT2D eigenvalue weighted by atomic mass is 10.1. The molecule has 0 bridgehead atoms. The molecule has 0 amide bonds. The third-order valence-corrected chi connectivity index (χ3v) is 8.49. The minimum atomic E-state index is -3.75. The number of thiazole rings is 1. The van der Waals surface area contributed by atoms with Crippen LogP contribution in [0.25, 0.3) is 11.3 Å². The summed E-state index contributed by atoms with van der Waals surface area (Å²) in [4.78, 5) is 19.4. The first-order valence-electron chi connectivity index (χ1n) is 10.8. The van der Waals surface area contributed by atoms with E-state index in [1.807, 2.05) is 40.6 Å². The van der Waals surface area contributed by atoms with Crippen LogP contribution in [0.15, 0.2) is 64.9 Å². The Morgan fingerprint density at radius 2 is 1.82 bits per heavy atom. The van der Waals surface area contributed by atoms with Gasteiger partial charge in [-0.25, -0.2) is 17.8 Å². The number of nitriles is 1. The summed E-state index contributed by atoms with van der Waals surface area (Å²) < 4.78 is 40.4. The molecular weight excluding hydrogens is 475 g/mol. The summed E-state index contributed by atoms with van der Waals surface area (Å²) in [5, 5.41) is 12.0. The number of benzene rings is 2. The second-order valence-corrected chi connectivity index (χ2v) is 10.8. The lowest BCUT2D eigenvalue weighted by Crippen LogP contribution is -2.37. The molecule has 1 saturated heterocycles. The molecule has 1 atom stereocenters. The second-order valence-electron chi connectivity index (χ2n) is 7.95. The maximum atomic E-state index is 13.2. The molecule has 0 unspecified atom stereocenters. The van der Waals surface area contributed by atoms with Crippen LogP contribution in [-0.2, 0) is 14.8 Å². The molecule has 0 spiro atoms. The number of Topliss-reactive ketones (excluding diaryl/α,β-unsaturated/α-hetero) is 1. The largest absolute Gasteiger partial charge is 0.296 e. The number of halogens is 1. The zero-order valence-corrected chi connectivity index (χ0v) is 19.9. The topological polar surface area (TPSA) is 94.4 Å². The van der Waals surface area contributed by atoms with Gasteiger partial charge in [0.25, 0.3) is 0 Å². The van der Waals surface area contributed by atoms with Gasteiger partial charge in [-0.05, 0) is 37.2 Å². The fourth-order valence-electron chi connectivity index (χ4n) is 3.84. The van der Waals surface area contributed by atoms with E-state index in [1.54, 1.807) is 0 Å². The summed E-state index contributed by atoms with van der Waals surface area (Å²) in [5.74, 6) is -1.72. The lowest BCUT2D eigenvalue weighted by Gasteiger charge is -2.21. The summed E-state index contributed by atoms with van der Waals surface area (Å²) in [6.45, 7) is 1.45. The van der Waals surface area contributed by atoms with Crippen molar-refractivity contribution in [3.05, 3.63) is 70.8 Å². The van der Waals surface area contributed by atoms with E-state index in [0.29, 0.717) is 31.1 Å². The molecule has 2 heterocycles. The van der Waals surface area contributed by atoms with Crippen LogP contribution in [0, 0.1) is 17.1 Å². The molecule has 10 heteroatoms. The predicted octanol–water partition coefficient (Wildman–Crippen LogP) is 3.52. The van der Waals surface area contributed by atoms with Gasteiger partial charge < -0.3 is 0 Å². The van der Waals surface area contributed by atoms with Crippen molar-refractivity contribution in [3.8, 4) is 17.3 Å². The van der Waals surface area contributed by atoms with E-state index in [2.05, 4.69) is 11.1 Å². The van der Waals surface area contributed by atoms with Crippen molar-refractivity contribution >= 4 is 27.1 Å². The summed E-state index contributed by atoms with van der Waals surface area (Å²) in [7, 11) is -3.75. The van der Waals surface area contributed by atoms with E-state index in [0.717, 1.165) is 23.4 Å². The molecule has 1 fully saturated rings. The molecule has 0 aliphatic carbocycles. The van der Waals surface area contributed by atoms with E-state index in [1.165, 1.54) is 27.8 Å². The van der Waals surface area contributed by atoms with E-state index < -0.39 is 21.8 Å². The maximum absolute atomic E-state index is 13.2. The summed E-state index contributed by atoms with van der Waals surface area (Å²) in [6.07, 6.45) is 0.542. The van der Waals surface area contributed by atoms with Crippen LogP contribution < -0.4 is 0 Å². The maximum Gasteiger partial charge on any atom is 0.243 e. The Balaban J connectivity index is 1.40. The normalized spacial score (nSPS) is 16.5. The van der Waals surface area contributed by atoms with Crippen molar-refractivity contribution in [2.24, 2.45) is 0 Å². The first-order valence-corrected chi connectivity index (χ1v) is 13.1. The lowest BCUT2D eigenvalue weighted by molar-refractivity contribution is -0.120. The molecule has 1 aliphatic heterocycles. The number of sulfonamides is 1. The van der Waals surface area contributed by atoms with Crippen molar-refractivity contribution in [2.75, 3.05) is 32.7 Å². The highest BCUT2D eigenvalue weighted by molar-refractivity contribution is 7.89. The average Bonchev–Trinajstić information content (AvgIpc) is 3.19. The van der Waals surface area contributed by atoms with Crippen LogP contribution in [0.4, 0.5) is 4.39 Å². The minimum absolute atomic E-state index is 0.0426. The summed E-state index contributed by atoms with van der Waals surface area (Å²) in [6, 6.07) is 16.4. The highest BCUT2D eigenvalue weighted by Crippen LogP contribution is 2.27. The number of carbonyl (C=O) groups is 1. The van der Waals surface area contributed by atoms with Crippen molar-refractivity contribution in [1.29, 1.82) is 5.26 Å². The first-order chi connectivity index (χ1) is 16.4. The Labute approximate surface area is 202 Å². The molecule has 2 aromatic carbocycles. The van der Waals surface area contributed by atoms with Crippen LogP contribution in [0.3, 0.4) is 0 Å². The van der Waals surface area contributed by atoms with Gasteiger partial charge in [0.05, 0.1) is 23.2 Å². The number of nitrogens with zero attached hydrogens (tertiary/aromatic N) is 4. The highest BCUT2D eigenvalue weighted by Gasteiger charge is 2.30. The minimum Gasteiger partial charge on any atom is -0.296 e. The highest BCUT2D eigenvalue weighted by atomic mass is 32.2. The molecule has 176 valence electrons. The van der Waals surface area contributed by atoms with E-state index in [-0.39, 0.29) is 23.8 Å². The standard InChI is InChI=1S/C24H23FN4O3S2/c25-19-7-9-20(10-8-19)34(31,32)29-12-4-11-28(13-14-29)16-23(30)21(15-26)24-27-22(17-33-24)18-5-2-1-3-6-18/h1-3,5-10,17,21H,4,11-14,16H2/t21-/m0/s1. The Morgan fingerprint density at radius 3 is 2.53 bits per heavy atom. The van der Waals surface area contributed by atoms with Crippen molar-refractivity contribution in [1.82, 2.24) is 14.2 Å². The zero-order chi connectivity index (χ0) is 24.1.